The van der Waals surface area contributed by atoms with Gasteiger partial charge < -0.3 is 4.90 Å². The van der Waals surface area contributed by atoms with Crippen LogP contribution >= 0.6 is 0 Å². The molecule has 1 aromatic heterocycles. The summed E-state index contributed by atoms with van der Waals surface area (Å²) in [6, 6.07) is 18.2. The zero-order chi connectivity index (χ0) is 17.8. The third-order valence-electron chi connectivity index (χ3n) is 4.89. The number of hydrogen-bond acceptors (Lipinski definition) is 4. The minimum atomic E-state index is -0.0223. The van der Waals surface area contributed by atoms with Crippen LogP contribution in [-0.4, -0.2) is 58.4 Å². The molecule has 1 fully saturated rings. The molecule has 0 radical (unpaired) electrons. The number of rotatable bonds is 4. The molecule has 0 unspecified atom stereocenters. The monoisotopic (exact) mass is 346 g/mol. The topological polar surface area (TPSA) is 49.3 Å². The molecule has 5 heteroatoms. The molecule has 2 heterocycles. The van der Waals surface area contributed by atoms with E-state index in [2.05, 4.69) is 39.1 Å². The van der Waals surface area contributed by atoms with E-state index in [1.165, 1.54) is 5.56 Å². The Morgan fingerprint density at radius 2 is 1.58 bits per heavy atom. The Morgan fingerprint density at radius 1 is 0.885 bits per heavy atom. The molecule has 0 bridgehead atoms. The van der Waals surface area contributed by atoms with Crippen molar-refractivity contribution in [1.82, 2.24) is 19.8 Å². The lowest BCUT2D eigenvalue weighted by Gasteiger charge is -2.34. The average molecular weight is 346 g/mol. The number of piperazine rings is 1. The molecule has 132 valence electrons. The first-order valence-electron chi connectivity index (χ1n) is 9.07. The van der Waals surface area contributed by atoms with Gasteiger partial charge in [0.1, 0.15) is 5.69 Å². The summed E-state index contributed by atoms with van der Waals surface area (Å²) in [5, 5.41) is 0. The summed E-state index contributed by atoms with van der Waals surface area (Å²) in [4.78, 5) is 25.9. The second-order valence-corrected chi connectivity index (χ2v) is 6.61. The number of nitrogens with zero attached hydrogens (tertiary/aromatic N) is 4. The van der Waals surface area contributed by atoms with Crippen molar-refractivity contribution in [3.63, 3.8) is 0 Å². The van der Waals surface area contributed by atoms with Gasteiger partial charge in [0, 0.05) is 32.7 Å². The number of amides is 1. The predicted octanol–water partition coefficient (Wildman–Crippen LogP) is 2.63. The number of carbonyl (C=O) groups excluding carboxylic acids is 1. The van der Waals surface area contributed by atoms with Crippen molar-refractivity contribution in [2.24, 2.45) is 0 Å². The standard InChI is InChI=1S/C21H22N4O/c26-21(20-16-22-18-8-4-5-9-19(18)23-20)25-14-12-24(13-15-25)11-10-17-6-2-1-3-7-17/h1-9,16H,10-15H2. The van der Waals surface area contributed by atoms with Gasteiger partial charge in [0.25, 0.3) is 5.91 Å². The van der Waals surface area contributed by atoms with Crippen molar-refractivity contribution in [1.29, 1.82) is 0 Å². The van der Waals surface area contributed by atoms with Gasteiger partial charge in [-0.3, -0.25) is 14.7 Å². The number of aromatic nitrogens is 2. The van der Waals surface area contributed by atoms with E-state index < -0.39 is 0 Å². The fourth-order valence-corrected chi connectivity index (χ4v) is 3.33. The van der Waals surface area contributed by atoms with E-state index in [1.54, 1.807) is 6.20 Å². The molecule has 26 heavy (non-hydrogen) atoms. The van der Waals surface area contributed by atoms with Gasteiger partial charge in [0.2, 0.25) is 0 Å². The van der Waals surface area contributed by atoms with Crippen molar-refractivity contribution < 1.29 is 4.79 Å². The zero-order valence-electron chi connectivity index (χ0n) is 14.7. The second kappa shape index (κ2) is 7.62. The molecule has 5 nitrogen and oxygen atoms in total. The van der Waals surface area contributed by atoms with Crippen LogP contribution in [0.15, 0.2) is 60.8 Å². The van der Waals surface area contributed by atoms with Gasteiger partial charge in [0.15, 0.2) is 0 Å². The molecule has 4 rings (SSSR count). The summed E-state index contributed by atoms with van der Waals surface area (Å²) in [7, 11) is 0. The molecule has 1 aliphatic rings. The molecule has 3 aromatic rings. The van der Waals surface area contributed by atoms with Gasteiger partial charge in [-0.25, -0.2) is 4.98 Å². The van der Waals surface area contributed by atoms with Gasteiger partial charge in [-0.2, -0.15) is 0 Å². The third kappa shape index (κ3) is 3.73. The summed E-state index contributed by atoms with van der Waals surface area (Å²) in [5.74, 6) is -0.0223. The smallest absolute Gasteiger partial charge is 0.274 e. The Labute approximate surface area is 153 Å². The summed E-state index contributed by atoms with van der Waals surface area (Å²) in [6.45, 7) is 4.31. The highest BCUT2D eigenvalue weighted by Crippen LogP contribution is 2.12. The maximum atomic E-state index is 12.7. The van der Waals surface area contributed by atoms with Gasteiger partial charge in [-0.15, -0.1) is 0 Å². The number of hydrogen-bond donors (Lipinski definition) is 0. The van der Waals surface area contributed by atoms with Crippen molar-refractivity contribution >= 4 is 16.9 Å². The largest absolute Gasteiger partial charge is 0.335 e. The maximum absolute atomic E-state index is 12.7. The molecule has 2 aromatic carbocycles. The van der Waals surface area contributed by atoms with E-state index in [9.17, 15) is 4.79 Å². The molecular formula is C21H22N4O. The fraction of sp³-hybridized carbons (Fsp3) is 0.286. The average Bonchev–Trinajstić information content (AvgIpc) is 2.72. The molecular weight excluding hydrogens is 324 g/mol. The minimum Gasteiger partial charge on any atom is -0.335 e. The highest BCUT2D eigenvalue weighted by atomic mass is 16.2. The van der Waals surface area contributed by atoms with Crippen LogP contribution in [0.3, 0.4) is 0 Å². The van der Waals surface area contributed by atoms with Crippen LogP contribution in [0.5, 0.6) is 0 Å². The molecule has 0 aliphatic carbocycles. The minimum absolute atomic E-state index is 0.0223. The molecule has 1 amide bonds. The quantitative estimate of drug-likeness (QED) is 0.729. The van der Waals surface area contributed by atoms with E-state index in [1.807, 2.05) is 35.2 Å². The summed E-state index contributed by atoms with van der Waals surface area (Å²) < 4.78 is 0. The first-order valence-corrected chi connectivity index (χ1v) is 9.07. The van der Waals surface area contributed by atoms with Gasteiger partial charge >= 0.3 is 0 Å². The number of carbonyl (C=O) groups is 1. The Balaban J connectivity index is 1.34. The van der Waals surface area contributed by atoms with Crippen LogP contribution in [0, 0.1) is 0 Å². The predicted molar refractivity (Wildman–Crippen MR) is 102 cm³/mol. The van der Waals surface area contributed by atoms with Gasteiger partial charge in [-0.1, -0.05) is 42.5 Å². The van der Waals surface area contributed by atoms with E-state index in [-0.39, 0.29) is 5.91 Å². The highest BCUT2D eigenvalue weighted by Gasteiger charge is 2.23. The lowest BCUT2D eigenvalue weighted by molar-refractivity contribution is 0.0632. The van der Waals surface area contributed by atoms with E-state index in [0.29, 0.717) is 5.69 Å². The van der Waals surface area contributed by atoms with Crippen LogP contribution in [0.2, 0.25) is 0 Å². The van der Waals surface area contributed by atoms with Crippen molar-refractivity contribution in [2.75, 3.05) is 32.7 Å². The maximum Gasteiger partial charge on any atom is 0.274 e. The molecule has 0 saturated carbocycles. The summed E-state index contributed by atoms with van der Waals surface area (Å²) in [6.07, 6.45) is 2.64. The number of fused-ring (bicyclic) bond motifs is 1. The Morgan fingerprint density at radius 3 is 2.35 bits per heavy atom. The first kappa shape index (κ1) is 16.7. The molecule has 1 saturated heterocycles. The highest BCUT2D eigenvalue weighted by molar-refractivity contribution is 5.93. The molecule has 0 spiro atoms. The Hall–Kier alpha value is -2.79. The lowest BCUT2D eigenvalue weighted by atomic mass is 10.1. The third-order valence-corrected chi connectivity index (χ3v) is 4.89. The molecule has 0 N–H and O–H groups in total. The molecule has 1 aliphatic heterocycles. The second-order valence-electron chi connectivity index (χ2n) is 6.61. The van der Waals surface area contributed by atoms with Crippen LogP contribution in [0.4, 0.5) is 0 Å². The SMILES string of the molecule is O=C(c1cnc2ccccc2n1)N1CCN(CCc2ccccc2)CC1. The van der Waals surface area contributed by atoms with Crippen molar-refractivity contribution in [3.05, 3.63) is 72.1 Å². The zero-order valence-corrected chi connectivity index (χ0v) is 14.7. The van der Waals surface area contributed by atoms with E-state index >= 15 is 0 Å². The van der Waals surface area contributed by atoms with Crippen molar-refractivity contribution in [3.8, 4) is 0 Å². The van der Waals surface area contributed by atoms with Crippen LogP contribution in [-0.2, 0) is 6.42 Å². The normalized spacial score (nSPS) is 15.3. The Bertz CT molecular complexity index is 889. The van der Waals surface area contributed by atoms with Gasteiger partial charge in [0.05, 0.1) is 17.2 Å². The lowest BCUT2D eigenvalue weighted by Crippen LogP contribution is -2.49. The first-order chi connectivity index (χ1) is 12.8. The van der Waals surface area contributed by atoms with E-state index in [0.717, 1.165) is 50.2 Å². The summed E-state index contributed by atoms with van der Waals surface area (Å²) >= 11 is 0. The van der Waals surface area contributed by atoms with Crippen LogP contribution < -0.4 is 0 Å². The van der Waals surface area contributed by atoms with Gasteiger partial charge in [-0.05, 0) is 24.1 Å². The molecule has 0 atom stereocenters. The Kier molecular flexibility index (Phi) is 4.88. The number of benzene rings is 2. The fourth-order valence-electron chi connectivity index (χ4n) is 3.33. The van der Waals surface area contributed by atoms with Crippen molar-refractivity contribution in [2.45, 2.75) is 6.42 Å². The van der Waals surface area contributed by atoms with E-state index in [4.69, 9.17) is 0 Å². The van der Waals surface area contributed by atoms with Crippen LogP contribution in [0.1, 0.15) is 16.1 Å². The summed E-state index contributed by atoms with van der Waals surface area (Å²) in [5.41, 5.74) is 3.37. The van der Waals surface area contributed by atoms with Crippen LogP contribution in [0.25, 0.3) is 11.0 Å². The number of para-hydroxylation sites is 2.